The summed E-state index contributed by atoms with van der Waals surface area (Å²) in [6.45, 7) is 0.415. The molecule has 1 aromatic heterocycles. The number of anilines is 1. The van der Waals surface area contributed by atoms with Gasteiger partial charge >= 0.3 is 0 Å². The van der Waals surface area contributed by atoms with E-state index in [0.717, 1.165) is 0 Å². The number of aliphatic hydroxyl groups is 1. The maximum absolute atomic E-state index is 11.7. The molecule has 5 heteroatoms. The molecule has 1 atom stereocenters. The van der Waals surface area contributed by atoms with Gasteiger partial charge in [-0.3, -0.25) is 9.69 Å². The molecular formula is C11H11N3O2. The van der Waals surface area contributed by atoms with Gasteiger partial charge in [0.2, 0.25) is 5.91 Å². The lowest BCUT2D eigenvalue weighted by Crippen LogP contribution is -2.26. The van der Waals surface area contributed by atoms with Crippen LogP contribution in [0, 0.1) is 17.2 Å². The molecule has 1 unspecified atom stereocenters. The van der Waals surface area contributed by atoms with Gasteiger partial charge in [-0.05, 0) is 12.1 Å². The van der Waals surface area contributed by atoms with Crippen LogP contribution in [-0.4, -0.2) is 29.1 Å². The second-order valence-corrected chi connectivity index (χ2v) is 3.74. The first-order valence-electron chi connectivity index (χ1n) is 5.02. The van der Waals surface area contributed by atoms with Crippen LogP contribution in [0.4, 0.5) is 5.82 Å². The summed E-state index contributed by atoms with van der Waals surface area (Å²) in [6, 6.07) is 5.29. The number of nitriles is 1. The zero-order chi connectivity index (χ0) is 11.5. The molecule has 0 spiro atoms. The Morgan fingerprint density at radius 2 is 2.50 bits per heavy atom. The van der Waals surface area contributed by atoms with Crippen LogP contribution in [0.5, 0.6) is 0 Å². The number of carbonyl (C=O) groups is 1. The zero-order valence-electron chi connectivity index (χ0n) is 8.63. The van der Waals surface area contributed by atoms with E-state index in [2.05, 4.69) is 4.98 Å². The Bertz CT molecular complexity index is 453. The summed E-state index contributed by atoms with van der Waals surface area (Å²) in [7, 11) is 0. The van der Waals surface area contributed by atoms with Crippen molar-refractivity contribution in [2.24, 2.45) is 5.92 Å². The maximum atomic E-state index is 11.7. The molecular weight excluding hydrogens is 206 g/mol. The van der Waals surface area contributed by atoms with Crippen LogP contribution < -0.4 is 4.90 Å². The summed E-state index contributed by atoms with van der Waals surface area (Å²) in [5.41, 5.74) is 0.384. The average molecular weight is 217 g/mol. The van der Waals surface area contributed by atoms with Crippen molar-refractivity contribution < 1.29 is 9.90 Å². The fourth-order valence-corrected chi connectivity index (χ4v) is 1.81. The van der Waals surface area contributed by atoms with Crippen LogP contribution in [-0.2, 0) is 4.79 Å². The molecule has 1 aromatic rings. The Balaban J connectivity index is 2.32. The fraction of sp³-hybridized carbons (Fsp3) is 0.364. The summed E-state index contributed by atoms with van der Waals surface area (Å²) >= 11 is 0. The van der Waals surface area contributed by atoms with E-state index >= 15 is 0 Å². The van der Waals surface area contributed by atoms with Gasteiger partial charge in [-0.1, -0.05) is 0 Å². The van der Waals surface area contributed by atoms with E-state index in [0.29, 0.717) is 24.3 Å². The molecule has 82 valence electrons. The van der Waals surface area contributed by atoms with Crippen molar-refractivity contribution in [2.75, 3.05) is 18.1 Å². The number of aromatic nitrogens is 1. The minimum atomic E-state index is -0.0887. The Morgan fingerprint density at radius 3 is 3.12 bits per heavy atom. The third-order valence-corrected chi connectivity index (χ3v) is 2.63. The van der Waals surface area contributed by atoms with Gasteiger partial charge in [0.25, 0.3) is 0 Å². The minimum absolute atomic E-state index is 0.0169. The molecule has 1 amide bonds. The van der Waals surface area contributed by atoms with Gasteiger partial charge in [0.15, 0.2) is 5.82 Å². The second-order valence-electron chi connectivity index (χ2n) is 3.74. The smallest absolute Gasteiger partial charge is 0.228 e. The largest absolute Gasteiger partial charge is 0.396 e. The number of hydrogen-bond donors (Lipinski definition) is 1. The number of aliphatic hydroxyl groups excluding tert-OH is 1. The molecule has 0 saturated carbocycles. The van der Waals surface area contributed by atoms with Crippen molar-refractivity contribution in [3.63, 3.8) is 0 Å². The highest BCUT2D eigenvalue weighted by molar-refractivity contribution is 5.95. The van der Waals surface area contributed by atoms with Gasteiger partial charge in [-0.15, -0.1) is 0 Å². The van der Waals surface area contributed by atoms with E-state index in [1.807, 2.05) is 6.07 Å². The monoisotopic (exact) mass is 217 g/mol. The number of carbonyl (C=O) groups excluding carboxylic acids is 1. The van der Waals surface area contributed by atoms with E-state index in [-0.39, 0.29) is 18.4 Å². The van der Waals surface area contributed by atoms with Crippen LogP contribution >= 0.6 is 0 Å². The first-order valence-corrected chi connectivity index (χ1v) is 5.02. The summed E-state index contributed by atoms with van der Waals surface area (Å²) in [5, 5.41) is 17.9. The Kier molecular flexibility index (Phi) is 2.84. The van der Waals surface area contributed by atoms with Crippen molar-refractivity contribution in [1.82, 2.24) is 4.98 Å². The molecule has 2 heterocycles. The van der Waals surface area contributed by atoms with E-state index < -0.39 is 0 Å². The molecule has 1 N–H and O–H groups in total. The van der Waals surface area contributed by atoms with Gasteiger partial charge in [-0.2, -0.15) is 5.26 Å². The molecule has 1 aliphatic heterocycles. The first-order chi connectivity index (χ1) is 7.76. The quantitative estimate of drug-likeness (QED) is 0.772. The van der Waals surface area contributed by atoms with Crippen molar-refractivity contribution in [3.8, 4) is 6.07 Å². The van der Waals surface area contributed by atoms with Crippen LogP contribution in [0.15, 0.2) is 18.3 Å². The van der Waals surface area contributed by atoms with E-state index in [4.69, 9.17) is 10.4 Å². The Labute approximate surface area is 92.9 Å². The third kappa shape index (κ3) is 1.75. The topological polar surface area (TPSA) is 77.2 Å². The van der Waals surface area contributed by atoms with Crippen molar-refractivity contribution in [2.45, 2.75) is 6.42 Å². The van der Waals surface area contributed by atoms with Gasteiger partial charge in [-0.25, -0.2) is 4.98 Å². The third-order valence-electron chi connectivity index (χ3n) is 2.63. The fourth-order valence-electron chi connectivity index (χ4n) is 1.81. The predicted octanol–water partition coefficient (Wildman–Crippen LogP) is 0.298. The lowest BCUT2D eigenvalue weighted by atomic mass is 10.1. The number of rotatable bonds is 2. The highest BCUT2D eigenvalue weighted by Crippen LogP contribution is 2.25. The SMILES string of the molecule is N#Cc1cccnc1N1CC(CO)CC1=O. The minimum Gasteiger partial charge on any atom is -0.396 e. The summed E-state index contributed by atoms with van der Waals surface area (Å²) in [4.78, 5) is 17.2. The molecule has 1 fully saturated rings. The normalized spacial score (nSPS) is 19.9. The van der Waals surface area contributed by atoms with Crippen LogP contribution in [0.1, 0.15) is 12.0 Å². The standard InChI is InChI=1S/C11H11N3O2/c12-5-9-2-1-3-13-11(9)14-6-8(7-15)4-10(14)16/h1-3,8,15H,4,6-7H2. The molecule has 1 aliphatic rings. The molecule has 16 heavy (non-hydrogen) atoms. The molecule has 0 aliphatic carbocycles. The Morgan fingerprint density at radius 1 is 1.69 bits per heavy atom. The van der Waals surface area contributed by atoms with Crippen molar-refractivity contribution in [3.05, 3.63) is 23.9 Å². The summed E-state index contributed by atoms with van der Waals surface area (Å²) in [6.07, 6.45) is 1.87. The first kappa shape index (κ1) is 10.6. The summed E-state index contributed by atoms with van der Waals surface area (Å²) < 4.78 is 0. The number of pyridine rings is 1. The lowest BCUT2D eigenvalue weighted by Gasteiger charge is -2.15. The lowest BCUT2D eigenvalue weighted by molar-refractivity contribution is -0.117. The molecule has 1 saturated heterocycles. The average Bonchev–Trinajstić information content (AvgIpc) is 2.70. The zero-order valence-corrected chi connectivity index (χ0v) is 8.63. The Hall–Kier alpha value is -1.93. The van der Waals surface area contributed by atoms with Crippen LogP contribution in [0.2, 0.25) is 0 Å². The number of nitrogens with zero attached hydrogens (tertiary/aromatic N) is 3. The van der Waals surface area contributed by atoms with Crippen molar-refractivity contribution in [1.29, 1.82) is 5.26 Å². The maximum Gasteiger partial charge on any atom is 0.228 e. The van der Waals surface area contributed by atoms with Crippen LogP contribution in [0.25, 0.3) is 0 Å². The van der Waals surface area contributed by atoms with Crippen molar-refractivity contribution >= 4 is 11.7 Å². The number of hydrogen-bond acceptors (Lipinski definition) is 4. The summed E-state index contributed by atoms with van der Waals surface area (Å²) in [5.74, 6) is 0.251. The molecule has 0 radical (unpaired) electrons. The number of amides is 1. The molecule has 0 bridgehead atoms. The molecule has 5 nitrogen and oxygen atoms in total. The van der Waals surface area contributed by atoms with Gasteiger partial charge < -0.3 is 5.11 Å². The van der Waals surface area contributed by atoms with Gasteiger partial charge in [0.1, 0.15) is 6.07 Å². The highest BCUT2D eigenvalue weighted by Gasteiger charge is 2.31. The molecule has 2 rings (SSSR count). The predicted molar refractivity (Wildman–Crippen MR) is 56.5 cm³/mol. The molecule has 0 aromatic carbocycles. The van der Waals surface area contributed by atoms with E-state index in [1.165, 1.54) is 4.90 Å². The van der Waals surface area contributed by atoms with Crippen LogP contribution in [0.3, 0.4) is 0 Å². The van der Waals surface area contributed by atoms with E-state index in [1.54, 1.807) is 18.3 Å². The second kappa shape index (κ2) is 4.29. The van der Waals surface area contributed by atoms with Gasteiger partial charge in [0, 0.05) is 31.7 Å². The van der Waals surface area contributed by atoms with E-state index in [9.17, 15) is 4.79 Å². The highest BCUT2D eigenvalue weighted by atomic mass is 16.3. The van der Waals surface area contributed by atoms with Gasteiger partial charge in [0.05, 0.1) is 5.56 Å².